The molecule has 0 N–H and O–H groups in total. The van der Waals surface area contributed by atoms with Gasteiger partial charge in [0, 0.05) is 6.04 Å². The van der Waals surface area contributed by atoms with Crippen LogP contribution in [0.25, 0.3) is 0 Å². The average molecular weight is 303 g/mol. The highest BCUT2D eigenvalue weighted by Gasteiger charge is 2.27. The lowest BCUT2D eigenvalue weighted by atomic mass is 10.1. The topological polar surface area (TPSA) is 37.4 Å². The third kappa shape index (κ3) is 3.10. The van der Waals surface area contributed by atoms with Crippen molar-refractivity contribution in [2.75, 3.05) is 4.31 Å². The van der Waals surface area contributed by atoms with E-state index in [0.717, 1.165) is 11.1 Å². The van der Waals surface area contributed by atoms with Gasteiger partial charge in [-0.05, 0) is 63.1 Å². The molecule has 0 aliphatic rings. The molecule has 0 radical (unpaired) electrons. The van der Waals surface area contributed by atoms with Gasteiger partial charge in [0.25, 0.3) is 10.0 Å². The molecule has 3 nitrogen and oxygen atoms in total. The predicted octanol–water partition coefficient (Wildman–Crippen LogP) is 3.91. The molecule has 0 atom stereocenters. The summed E-state index contributed by atoms with van der Waals surface area (Å²) >= 11 is 0. The predicted molar refractivity (Wildman–Crippen MR) is 87.2 cm³/mol. The lowest BCUT2D eigenvalue weighted by Crippen LogP contribution is -2.37. The summed E-state index contributed by atoms with van der Waals surface area (Å²) < 4.78 is 27.4. The molecule has 0 bridgehead atoms. The number of anilines is 1. The number of rotatable bonds is 4. The first kappa shape index (κ1) is 15.6. The normalized spacial score (nSPS) is 11.7. The standard InChI is InChI=1S/C17H21NO2S/c1-13(2)18(16-8-6-5-7-9-16)21(19,20)17-11-10-14(3)15(4)12-17/h5-13H,1-4H3. The number of nitrogens with zero attached hydrogens (tertiary/aromatic N) is 1. The summed E-state index contributed by atoms with van der Waals surface area (Å²) in [5.41, 5.74) is 2.75. The lowest BCUT2D eigenvalue weighted by Gasteiger charge is -2.28. The van der Waals surface area contributed by atoms with Gasteiger partial charge in [-0.2, -0.15) is 0 Å². The number of hydrogen-bond acceptors (Lipinski definition) is 2. The average Bonchev–Trinajstić information content (AvgIpc) is 2.42. The molecule has 112 valence electrons. The monoisotopic (exact) mass is 303 g/mol. The Bertz CT molecular complexity index is 722. The highest BCUT2D eigenvalue weighted by molar-refractivity contribution is 7.92. The maximum Gasteiger partial charge on any atom is 0.264 e. The van der Waals surface area contributed by atoms with Crippen molar-refractivity contribution in [2.24, 2.45) is 0 Å². The highest BCUT2D eigenvalue weighted by atomic mass is 32.2. The van der Waals surface area contributed by atoms with Gasteiger partial charge in [-0.1, -0.05) is 24.3 Å². The molecule has 0 spiro atoms. The lowest BCUT2D eigenvalue weighted by molar-refractivity contribution is 0.584. The number of benzene rings is 2. The molecular formula is C17H21NO2S. The third-order valence-electron chi connectivity index (χ3n) is 3.51. The third-order valence-corrected chi connectivity index (χ3v) is 5.51. The van der Waals surface area contributed by atoms with Crippen LogP contribution in [-0.2, 0) is 10.0 Å². The van der Waals surface area contributed by atoms with E-state index in [1.807, 2.05) is 64.1 Å². The number of hydrogen-bond donors (Lipinski definition) is 0. The minimum atomic E-state index is -3.56. The van der Waals surface area contributed by atoms with Crippen LogP contribution in [0.3, 0.4) is 0 Å². The maximum absolute atomic E-state index is 13.0. The largest absolute Gasteiger partial charge is 0.264 e. The molecular weight excluding hydrogens is 282 g/mol. The van der Waals surface area contributed by atoms with E-state index in [-0.39, 0.29) is 6.04 Å². The molecule has 0 saturated heterocycles. The van der Waals surface area contributed by atoms with Gasteiger partial charge in [0.15, 0.2) is 0 Å². The summed E-state index contributed by atoms with van der Waals surface area (Å²) in [6, 6.07) is 14.3. The summed E-state index contributed by atoms with van der Waals surface area (Å²) in [6.45, 7) is 7.66. The second kappa shape index (κ2) is 5.90. The number of aryl methyl sites for hydroxylation is 2. The van der Waals surface area contributed by atoms with Crippen molar-refractivity contribution in [3.8, 4) is 0 Å². The summed E-state index contributed by atoms with van der Waals surface area (Å²) in [6.07, 6.45) is 0. The zero-order chi connectivity index (χ0) is 15.6. The summed E-state index contributed by atoms with van der Waals surface area (Å²) in [5.74, 6) is 0. The first-order chi connectivity index (χ1) is 9.84. The second-order valence-electron chi connectivity index (χ2n) is 5.48. The SMILES string of the molecule is Cc1ccc(S(=O)(=O)N(c2ccccc2)C(C)C)cc1C. The number of para-hydroxylation sites is 1. The quantitative estimate of drug-likeness (QED) is 0.859. The fraction of sp³-hybridized carbons (Fsp3) is 0.294. The van der Waals surface area contributed by atoms with E-state index in [2.05, 4.69) is 0 Å². The van der Waals surface area contributed by atoms with E-state index >= 15 is 0 Å². The molecule has 0 fully saturated rings. The molecule has 2 aromatic carbocycles. The van der Waals surface area contributed by atoms with Gasteiger partial charge in [-0.15, -0.1) is 0 Å². The van der Waals surface area contributed by atoms with E-state index in [4.69, 9.17) is 0 Å². The van der Waals surface area contributed by atoms with Crippen molar-refractivity contribution < 1.29 is 8.42 Å². The minimum Gasteiger partial charge on any atom is -0.264 e. The first-order valence-corrected chi connectivity index (χ1v) is 8.45. The second-order valence-corrected chi connectivity index (χ2v) is 7.29. The Hall–Kier alpha value is -1.81. The van der Waals surface area contributed by atoms with Crippen LogP contribution in [0.15, 0.2) is 53.4 Å². The Labute approximate surface area is 127 Å². The van der Waals surface area contributed by atoms with Crippen LogP contribution >= 0.6 is 0 Å². The Morgan fingerprint density at radius 3 is 2.05 bits per heavy atom. The molecule has 4 heteroatoms. The van der Waals surface area contributed by atoms with Gasteiger partial charge in [-0.3, -0.25) is 4.31 Å². The van der Waals surface area contributed by atoms with Crippen LogP contribution in [0.2, 0.25) is 0 Å². The zero-order valence-electron chi connectivity index (χ0n) is 12.9. The summed E-state index contributed by atoms with van der Waals surface area (Å²) in [7, 11) is -3.56. The molecule has 0 unspecified atom stereocenters. The van der Waals surface area contributed by atoms with Crippen LogP contribution < -0.4 is 4.31 Å². The Morgan fingerprint density at radius 2 is 1.52 bits per heavy atom. The minimum absolute atomic E-state index is 0.154. The van der Waals surface area contributed by atoms with E-state index in [1.165, 1.54) is 4.31 Å². The fourth-order valence-corrected chi connectivity index (χ4v) is 4.02. The van der Waals surface area contributed by atoms with Gasteiger partial charge in [-0.25, -0.2) is 8.42 Å². The van der Waals surface area contributed by atoms with Crippen LogP contribution in [0.1, 0.15) is 25.0 Å². The van der Waals surface area contributed by atoms with Crippen LogP contribution in [0.5, 0.6) is 0 Å². The van der Waals surface area contributed by atoms with Crippen molar-refractivity contribution in [3.63, 3.8) is 0 Å². The van der Waals surface area contributed by atoms with E-state index in [1.54, 1.807) is 12.1 Å². The van der Waals surface area contributed by atoms with Gasteiger partial charge in [0.1, 0.15) is 0 Å². The van der Waals surface area contributed by atoms with Crippen LogP contribution in [0.4, 0.5) is 5.69 Å². The highest BCUT2D eigenvalue weighted by Crippen LogP contribution is 2.26. The van der Waals surface area contributed by atoms with E-state index in [9.17, 15) is 8.42 Å². The summed E-state index contributed by atoms with van der Waals surface area (Å²) in [4.78, 5) is 0.336. The van der Waals surface area contributed by atoms with Crippen molar-refractivity contribution in [3.05, 3.63) is 59.7 Å². The molecule has 2 aromatic rings. The van der Waals surface area contributed by atoms with Gasteiger partial charge >= 0.3 is 0 Å². The number of sulfonamides is 1. The van der Waals surface area contributed by atoms with Crippen molar-refractivity contribution in [1.29, 1.82) is 0 Å². The molecule has 0 aliphatic heterocycles. The Balaban J connectivity index is 2.56. The smallest absolute Gasteiger partial charge is 0.264 e. The van der Waals surface area contributed by atoms with Gasteiger partial charge in [0.2, 0.25) is 0 Å². The molecule has 0 amide bonds. The first-order valence-electron chi connectivity index (χ1n) is 7.01. The molecule has 0 aromatic heterocycles. The molecule has 2 rings (SSSR count). The van der Waals surface area contributed by atoms with E-state index in [0.29, 0.717) is 10.6 Å². The maximum atomic E-state index is 13.0. The van der Waals surface area contributed by atoms with Crippen molar-refractivity contribution >= 4 is 15.7 Å². The molecule has 0 saturated carbocycles. The van der Waals surface area contributed by atoms with Crippen molar-refractivity contribution in [2.45, 2.75) is 38.6 Å². The van der Waals surface area contributed by atoms with E-state index < -0.39 is 10.0 Å². The van der Waals surface area contributed by atoms with Crippen LogP contribution in [0, 0.1) is 13.8 Å². The molecule has 0 heterocycles. The molecule has 0 aliphatic carbocycles. The zero-order valence-corrected chi connectivity index (χ0v) is 13.7. The van der Waals surface area contributed by atoms with Crippen molar-refractivity contribution in [1.82, 2.24) is 0 Å². The van der Waals surface area contributed by atoms with Crippen LogP contribution in [-0.4, -0.2) is 14.5 Å². The van der Waals surface area contributed by atoms with Gasteiger partial charge < -0.3 is 0 Å². The van der Waals surface area contributed by atoms with Gasteiger partial charge in [0.05, 0.1) is 10.6 Å². The summed E-state index contributed by atoms with van der Waals surface area (Å²) in [5, 5.41) is 0. The molecule has 21 heavy (non-hydrogen) atoms. The fourth-order valence-electron chi connectivity index (χ4n) is 2.28. The Morgan fingerprint density at radius 1 is 0.905 bits per heavy atom. The Kier molecular flexibility index (Phi) is 4.37.